The van der Waals surface area contributed by atoms with E-state index >= 15 is 0 Å². The van der Waals surface area contributed by atoms with Gasteiger partial charge in [0.05, 0.1) is 0 Å². The maximum atomic E-state index is 3.48. The molecule has 0 fully saturated rings. The molecule has 92 valence electrons. The number of hydrogen-bond acceptors (Lipinski definition) is 2. The van der Waals surface area contributed by atoms with E-state index in [4.69, 9.17) is 0 Å². The summed E-state index contributed by atoms with van der Waals surface area (Å²) in [6.07, 6.45) is 5.07. The molecule has 0 bridgehead atoms. The first-order chi connectivity index (χ1) is 7.80. The molecule has 0 saturated heterocycles. The van der Waals surface area contributed by atoms with Crippen LogP contribution in [-0.2, 0) is 12.8 Å². The van der Waals surface area contributed by atoms with Crippen LogP contribution >= 0.6 is 11.3 Å². The maximum Gasteiger partial charge on any atom is 0.00514 e. The third kappa shape index (κ3) is 4.67. The SMILES string of the molecule is CCCC(CNCC)Cc1ccc(CC)s1. The molecule has 0 spiro atoms. The van der Waals surface area contributed by atoms with Crippen LogP contribution in [0.1, 0.15) is 43.4 Å². The summed E-state index contributed by atoms with van der Waals surface area (Å²) in [5, 5.41) is 3.48. The molecule has 0 radical (unpaired) electrons. The van der Waals surface area contributed by atoms with Crippen molar-refractivity contribution in [1.82, 2.24) is 5.32 Å². The Balaban J connectivity index is 2.46. The highest BCUT2D eigenvalue weighted by Gasteiger charge is 2.09. The average molecular weight is 239 g/mol. The summed E-state index contributed by atoms with van der Waals surface area (Å²) in [5.74, 6) is 0.813. The van der Waals surface area contributed by atoms with E-state index in [-0.39, 0.29) is 0 Å². The van der Waals surface area contributed by atoms with Gasteiger partial charge >= 0.3 is 0 Å². The van der Waals surface area contributed by atoms with E-state index < -0.39 is 0 Å². The Morgan fingerprint density at radius 3 is 2.50 bits per heavy atom. The van der Waals surface area contributed by atoms with Crippen LogP contribution < -0.4 is 5.32 Å². The Hall–Kier alpha value is -0.340. The van der Waals surface area contributed by atoms with Gasteiger partial charge in [-0.1, -0.05) is 27.2 Å². The normalized spacial score (nSPS) is 12.9. The van der Waals surface area contributed by atoms with Gasteiger partial charge in [-0.05, 0) is 50.4 Å². The Morgan fingerprint density at radius 1 is 1.19 bits per heavy atom. The third-order valence-corrected chi connectivity index (χ3v) is 4.19. The van der Waals surface area contributed by atoms with Gasteiger partial charge in [-0.25, -0.2) is 0 Å². The van der Waals surface area contributed by atoms with Gasteiger partial charge in [0, 0.05) is 9.75 Å². The topological polar surface area (TPSA) is 12.0 Å². The highest BCUT2D eigenvalue weighted by Crippen LogP contribution is 2.22. The Labute approximate surface area is 104 Å². The fourth-order valence-electron chi connectivity index (χ4n) is 2.04. The zero-order valence-corrected chi connectivity index (χ0v) is 11.7. The lowest BCUT2D eigenvalue weighted by atomic mass is 9.99. The lowest BCUT2D eigenvalue weighted by Gasteiger charge is -2.15. The van der Waals surface area contributed by atoms with Crippen molar-refractivity contribution in [3.05, 3.63) is 21.9 Å². The fraction of sp³-hybridized carbons (Fsp3) is 0.714. The second kappa shape index (κ2) is 7.86. The first-order valence-corrected chi connectivity index (χ1v) is 7.40. The minimum absolute atomic E-state index is 0.813. The molecule has 0 aromatic carbocycles. The molecule has 0 saturated carbocycles. The zero-order chi connectivity index (χ0) is 11.8. The predicted octanol–water partition coefficient (Wildman–Crippen LogP) is 3.88. The summed E-state index contributed by atoms with van der Waals surface area (Å²) in [4.78, 5) is 3.09. The Bertz CT molecular complexity index is 280. The van der Waals surface area contributed by atoms with Crippen LogP contribution in [0.25, 0.3) is 0 Å². The first-order valence-electron chi connectivity index (χ1n) is 6.58. The summed E-state index contributed by atoms with van der Waals surface area (Å²) in [6, 6.07) is 4.61. The highest BCUT2D eigenvalue weighted by atomic mass is 32.1. The second-order valence-electron chi connectivity index (χ2n) is 4.39. The Kier molecular flexibility index (Phi) is 6.74. The second-order valence-corrected chi connectivity index (χ2v) is 5.64. The molecule has 1 unspecified atom stereocenters. The summed E-state index contributed by atoms with van der Waals surface area (Å²) >= 11 is 1.99. The minimum atomic E-state index is 0.813. The molecule has 1 heterocycles. The number of thiophene rings is 1. The van der Waals surface area contributed by atoms with Gasteiger partial charge in [-0.2, -0.15) is 0 Å². The Morgan fingerprint density at radius 2 is 1.94 bits per heavy atom. The lowest BCUT2D eigenvalue weighted by molar-refractivity contribution is 0.447. The molecule has 1 aromatic rings. The first kappa shape index (κ1) is 13.7. The van der Waals surface area contributed by atoms with Crippen molar-refractivity contribution < 1.29 is 0 Å². The van der Waals surface area contributed by atoms with E-state index in [0.717, 1.165) is 12.5 Å². The van der Waals surface area contributed by atoms with Crippen LogP contribution in [0, 0.1) is 5.92 Å². The highest BCUT2D eigenvalue weighted by molar-refractivity contribution is 7.11. The fourth-order valence-corrected chi connectivity index (χ4v) is 3.11. The van der Waals surface area contributed by atoms with Gasteiger partial charge < -0.3 is 5.32 Å². The molecule has 1 N–H and O–H groups in total. The summed E-state index contributed by atoms with van der Waals surface area (Å²) < 4.78 is 0. The molecular weight excluding hydrogens is 214 g/mol. The molecule has 1 aromatic heterocycles. The van der Waals surface area contributed by atoms with Crippen LogP contribution in [-0.4, -0.2) is 13.1 Å². The van der Waals surface area contributed by atoms with Crippen molar-refractivity contribution >= 4 is 11.3 Å². The molecule has 2 heteroatoms. The van der Waals surface area contributed by atoms with Gasteiger partial charge in [-0.15, -0.1) is 11.3 Å². The summed E-state index contributed by atoms with van der Waals surface area (Å²) in [7, 11) is 0. The van der Waals surface area contributed by atoms with Gasteiger partial charge in [0.15, 0.2) is 0 Å². The van der Waals surface area contributed by atoms with Crippen molar-refractivity contribution in [3.8, 4) is 0 Å². The van der Waals surface area contributed by atoms with Crippen molar-refractivity contribution in [2.24, 2.45) is 5.92 Å². The molecule has 0 aliphatic rings. The predicted molar refractivity (Wildman–Crippen MR) is 74.3 cm³/mol. The van der Waals surface area contributed by atoms with Crippen LogP contribution in [0.15, 0.2) is 12.1 Å². The number of hydrogen-bond donors (Lipinski definition) is 1. The smallest absolute Gasteiger partial charge is 0.00514 e. The maximum absolute atomic E-state index is 3.48. The molecule has 1 rings (SSSR count). The van der Waals surface area contributed by atoms with Crippen molar-refractivity contribution in [2.75, 3.05) is 13.1 Å². The van der Waals surface area contributed by atoms with Crippen LogP contribution in [0.2, 0.25) is 0 Å². The third-order valence-electron chi connectivity index (χ3n) is 2.94. The lowest BCUT2D eigenvalue weighted by Crippen LogP contribution is -2.23. The molecule has 1 atom stereocenters. The monoisotopic (exact) mass is 239 g/mol. The molecular formula is C14H25NS. The van der Waals surface area contributed by atoms with Crippen LogP contribution in [0.3, 0.4) is 0 Å². The zero-order valence-electron chi connectivity index (χ0n) is 10.9. The molecule has 0 aliphatic heterocycles. The van der Waals surface area contributed by atoms with Gasteiger partial charge in [-0.3, -0.25) is 0 Å². The average Bonchev–Trinajstić information content (AvgIpc) is 2.74. The van der Waals surface area contributed by atoms with Gasteiger partial charge in [0.25, 0.3) is 0 Å². The number of rotatable bonds is 8. The number of aryl methyl sites for hydroxylation is 1. The van der Waals surface area contributed by atoms with E-state index in [1.165, 1.54) is 37.1 Å². The minimum Gasteiger partial charge on any atom is -0.317 e. The molecule has 0 amide bonds. The van der Waals surface area contributed by atoms with Crippen molar-refractivity contribution in [2.45, 2.75) is 46.5 Å². The molecule has 16 heavy (non-hydrogen) atoms. The van der Waals surface area contributed by atoms with Crippen molar-refractivity contribution in [3.63, 3.8) is 0 Å². The molecule has 0 aliphatic carbocycles. The van der Waals surface area contributed by atoms with E-state index in [0.29, 0.717) is 0 Å². The molecule has 1 nitrogen and oxygen atoms in total. The van der Waals surface area contributed by atoms with Gasteiger partial charge in [0.1, 0.15) is 0 Å². The van der Waals surface area contributed by atoms with E-state index in [1.807, 2.05) is 11.3 Å². The van der Waals surface area contributed by atoms with Crippen LogP contribution in [0.5, 0.6) is 0 Å². The van der Waals surface area contributed by atoms with Gasteiger partial charge in [0.2, 0.25) is 0 Å². The van der Waals surface area contributed by atoms with Crippen molar-refractivity contribution in [1.29, 1.82) is 0 Å². The standard InChI is InChI=1S/C14H25NS/c1-4-7-12(11-15-6-3)10-14-9-8-13(5-2)16-14/h8-9,12,15H,4-7,10-11H2,1-3H3. The van der Waals surface area contributed by atoms with Crippen LogP contribution in [0.4, 0.5) is 0 Å². The summed E-state index contributed by atoms with van der Waals surface area (Å²) in [6.45, 7) is 8.96. The quantitative estimate of drug-likeness (QED) is 0.726. The largest absolute Gasteiger partial charge is 0.317 e. The van der Waals surface area contributed by atoms with E-state index in [9.17, 15) is 0 Å². The van der Waals surface area contributed by atoms with E-state index in [1.54, 1.807) is 4.88 Å². The van der Waals surface area contributed by atoms with E-state index in [2.05, 4.69) is 38.2 Å². The summed E-state index contributed by atoms with van der Waals surface area (Å²) in [5.41, 5.74) is 0. The number of nitrogens with one attached hydrogen (secondary N) is 1.